The fourth-order valence-electron chi connectivity index (χ4n) is 1.63. The molecule has 21 heavy (non-hydrogen) atoms. The molecular formula is C12H15N5O3S. The van der Waals surface area contributed by atoms with E-state index in [1.165, 1.54) is 18.9 Å². The van der Waals surface area contributed by atoms with Crippen LogP contribution >= 0.6 is 11.8 Å². The first-order valence-electron chi connectivity index (χ1n) is 6.17. The van der Waals surface area contributed by atoms with Crippen molar-refractivity contribution in [1.29, 1.82) is 0 Å². The van der Waals surface area contributed by atoms with E-state index in [-0.39, 0.29) is 18.2 Å². The van der Waals surface area contributed by atoms with E-state index in [0.29, 0.717) is 10.9 Å². The molecule has 0 fully saturated rings. The van der Waals surface area contributed by atoms with Crippen molar-refractivity contribution >= 4 is 29.4 Å². The Labute approximate surface area is 125 Å². The highest BCUT2D eigenvalue weighted by atomic mass is 32.2. The minimum Gasteiger partial charge on any atom is -0.468 e. The van der Waals surface area contributed by atoms with Gasteiger partial charge in [0.05, 0.1) is 12.9 Å². The zero-order valence-electron chi connectivity index (χ0n) is 11.9. The van der Waals surface area contributed by atoms with Crippen LogP contribution in [0.1, 0.15) is 11.4 Å². The summed E-state index contributed by atoms with van der Waals surface area (Å²) >= 11 is 1.18. The molecule has 1 N–H and O–H groups in total. The molecule has 0 radical (unpaired) electrons. The van der Waals surface area contributed by atoms with E-state index >= 15 is 0 Å². The number of ether oxygens (including phenoxy) is 1. The molecule has 2 aromatic rings. The first-order chi connectivity index (χ1) is 9.99. The van der Waals surface area contributed by atoms with Gasteiger partial charge in [0, 0.05) is 11.4 Å². The third-order valence-electron chi connectivity index (χ3n) is 2.59. The van der Waals surface area contributed by atoms with Crippen LogP contribution < -0.4 is 5.32 Å². The summed E-state index contributed by atoms with van der Waals surface area (Å²) in [4.78, 5) is 31.0. The van der Waals surface area contributed by atoms with Crippen molar-refractivity contribution < 1.29 is 14.3 Å². The van der Waals surface area contributed by atoms with E-state index < -0.39 is 5.97 Å². The predicted molar refractivity (Wildman–Crippen MR) is 76.0 cm³/mol. The number of aromatic nitrogens is 4. The van der Waals surface area contributed by atoms with E-state index in [1.54, 1.807) is 4.52 Å². The number of rotatable bonds is 5. The number of amides is 1. The molecule has 2 rings (SSSR count). The van der Waals surface area contributed by atoms with Gasteiger partial charge in [-0.1, -0.05) is 11.8 Å². The number of nitrogens with one attached hydrogen (secondary N) is 1. The van der Waals surface area contributed by atoms with Crippen LogP contribution in [0.15, 0.2) is 11.2 Å². The van der Waals surface area contributed by atoms with Gasteiger partial charge in [-0.15, -0.1) is 5.10 Å². The second kappa shape index (κ2) is 6.53. The van der Waals surface area contributed by atoms with Gasteiger partial charge in [0.1, 0.15) is 6.54 Å². The highest BCUT2D eigenvalue weighted by Gasteiger charge is 2.11. The van der Waals surface area contributed by atoms with E-state index in [4.69, 9.17) is 0 Å². The maximum absolute atomic E-state index is 11.6. The molecule has 0 saturated heterocycles. The SMILES string of the molecule is COC(=O)CNC(=O)CSc1nc2nc(C)cc(C)n2n1. The molecule has 0 unspecified atom stereocenters. The van der Waals surface area contributed by atoms with Gasteiger partial charge >= 0.3 is 5.97 Å². The summed E-state index contributed by atoms with van der Waals surface area (Å²) < 4.78 is 6.06. The number of hydrogen-bond donors (Lipinski definition) is 1. The number of carbonyl (C=O) groups excluding carboxylic acids is 2. The first-order valence-corrected chi connectivity index (χ1v) is 7.15. The van der Waals surface area contributed by atoms with Crippen LogP contribution in [-0.2, 0) is 14.3 Å². The molecule has 1 amide bonds. The third kappa shape index (κ3) is 3.91. The molecule has 8 nitrogen and oxygen atoms in total. The van der Waals surface area contributed by atoms with E-state index in [2.05, 4.69) is 25.1 Å². The highest BCUT2D eigenvalue weighted by Crippen LogP contribution is 2.14. The van der Waals surface area contributed by atoms with Crippen molar-refractivity contribution in [2.75, 3.05) is 19.4 Å². The van der Waals surface area contributed by atoms with Crippen LogP contribution in [-0.4, -0.2) is 50.9 Å². The summed E-state index contributed by atoms with van der Waals surface area (Å²) in [5.41, 5.74) is 1.78. The van der Waals surface area contributed by atoms with Gasteiger partial charge in [0.25, 0.3) is 5.78 Å². The smallest absolute Gasteiger partial charge is 0.325 e. The molecule has 0 bridgehead atoms. The maximum atomic E-state index is 11.6. The number of carbonyl (C=O) groups is 2. The molecule has 0 spiro atoms. The van der Waals surface area contributed by atoms with E-state index in [1.807, 2.05) is 19.9 Å². The fourth-order valence-corrected chi connectivity index (χ4v) is 2.28. The Bertz CT molecular complexity index is 685. The third-order valence-corrected chi connectivity index (χ3v) is 3.43. The molecule has 9 heteroatoms. The van der Waals surface area contributed by atoms with Gasteiger partial charge in [-0.3, -0.25) is 9.59 Å². The Balaban J connectivity index is 1.96. The molecule has 112 valence electrons. The van der Waals surface area contributed by atoms with E-state index in [9.17, 15) is 9.59 Å². The van der Waals surface area contributed by atoms with Crippen molar-refractivity contribution in [2.24, 2.45) is 0 Å². The molecule has 0 aromatic carbocycles. The zero-order chi connectivity index (χ0) is 15.4. The predicted octanol–water partition coefficient (Wildman–Crippen LogP) is 0.122. The van der Waals surface area contributed by atoms with Crippen molar-refractivity contribution in [3.63, 3.8) is 0 Å². The standard InChI is InChI=1S/C12H15N5O3S/c1-7-4-8(2)17-11(14-7)15-12(16-17)21-6-9(18)13-5-10(19)20-3/h4H,5-6H2,1-3H3,(H,13,18). The number of esters is 1. The summed E-state index contributed by atoms with van der Waals surface area (Å²) in [6, 6.07) is 1.90. The Morgan fingerprint density at radius 1 is 1.38 bits per heavy atom. The number of methoxy groups -OCH3 is 1. The number of nitrogens with zero attached hydrogens (tertiary/aromatic N) is 4. The molecule has 0 saturated carbocycles. The number of aryl methyl sites for hydroxylation is 2. The normalized spacial score (nSPS) is 10.6. The molecule has 2 heterocycles. The van der Waals surface area contributed by atoms with Gasteiger partial charge in [-0.25, -0.2) is 9.50 Å². The number of fused-ring (bicyclic) bond motifs is 1. The largest absolute Gasteiger partial charge is 0.468 e. The number of hydrogen-bond acceptors (Lipinski definition) is 7. The van der Waals surface area contributed by atoms with Gasteiger partial charge in [-0.2, -0.15) is 4.98 Å². The average Bonchev–Trinajstić information content (AvgIpc) is 2.85. The summed E-state index contributed by atoms with van der Waals surface area (Å²) in [6.07, 6.45) is 0. The van der Waals surface area contributed by atoms with Gasteiger partial charge < -0.3 is 10.1 Å². The second-order valence-corrected chi connectivity index (χ2v) is 5.23. The van der Waals surface area contributed by atoms with Crippen molar-refractivity contribution in [2.45, 2.75) is 19.0 Å². The number of thioether (sulfide) groups is 1. The zero-order valence-corrected chi connectivity index (χ0v) is 12.7. The summed E-state index contributed by atoms with van der Waals surface area (Å²) in [5, 5.41) is 7.18. The molecule has 0 aliphatic rings. The summed E-state index contributed by atoms with van der Waals surface area (Å²) in [7, 11) is 1.27. The lowest BCUT2D eigenvalue weighted by Crippen LogP contribution is -2.31. The van der Waals surface area contributed by atoms with Crippen LogP contribution in [0, 0.1) is 13.8 Å². The average molecular weight is 309 g/mol. The van der Waals surface area contributed by atoms with Gasteiger partial charge in [-0.05, 0) is 19.9 Å². The lowest BCUT2D eigenvalue weighted by atomic mass is 10.4. The molecular weight excluding hydrogens is 294 g/mol. The lowest BCUT2D eigenvalue weighted by molar-refractivity contribution is -0.140. The van der Waals surface area contributed by atoms with Crippen LogP contribution in [0.4, 0.5) is 0 Å². The summed E-state index contributed by atoms with van der Waals surface area (Å²) in [5.74, 6) is -0.157. The van der Waals surface area contributed by atoms with Gasteiger partial charge in [0.2, 0.25) is 11.1 Å². The topological polar surface area (TPSA) is 98.5 Å². The first kappa shape index (κ1) is 15.2. The molecule has 0 aliphatic carbocycles. The fraction of sp³-hybridized carbons (Fsp3) is 0.417. The van der Waals surface area contributed by atoms with Crippen LogP contribution in [0.5, 0.6) is 0 Å². The van der Waals surface area contributed by atoms with Crippen LogP contribution in [0.25, 0.3) is 5.78 Å². The minimum atomic E-state index is -0.491. The maximum Gasteiger partial charge on any atom is 0.325 e. The Hall–Kier alpha value is -2.16. The van der Waals surface area contributed by atoms with Gasteiger partial charge in [0.15, 0.2) is 0 Å². The second-order valence-electron chi connectivity index (χ2n) is 4.29. The molecule has 2 aromatic heterocycles. The van der Waals surface area contributed by atoms with Crippen LogP contribution in [0.3, 0.4) is 0 Å². The monoisotopic (exact) mass is 309 g/mol. The molecule has 0 aliphatic heterocycles. The van der Waals surface area contributed by atoms with Crippen molar-refractivity contribution in [3.8, 4) is 0 Å². The minimum absolute atomic E-state index is 0.117. The van der Waals surface area contributed by atoms with Crippen LogP contribution in [0.2, 0.25) is 0 Å². The quantitative estimate of drug-likeness (QED) is 0.619. The Morgan fingerprint density at radius 2 is 2.14 bits per heavy atom. The van der Waals surface area contributed by atoms with E-state index in [0.717, 1.165) is 11.4 Å². The highest BCUT2D eigenvalue weighted by molar-refractivity contribution is 7.99. The Morgan fingerprint density at radius 3 is 2.86 bits per heavy atom. The molecule has 0 atom stereocenters. The van der Waals surface area contributed by atoms with Crippen molar-refractivity contribution in [3.05, 3.63) is 17.5 Å². The lowest BCUT2D eigenvalue weighted by Gasteiger charge is -2.01. The van der Waals surface area contributed by atoms with Crippen molar-refractivity contribution in [1.82, 2.24) is 24.9 Å². The Kier molecular flexibility index (Phi) is 4.73. The summed E-state index contributed by atoms with van der Waals surface area (Å²) in [6.45, 7) is 3.65.